The highest BCUT2D eigenvalue weighted by atomic mass is 32.1. The Bertz CT molecular complexity index is 1000. The molecule has 1 aromatic heterocycles. The van der Waals surface area contributed by atoms with Crippen molar-refractivity contribution < 1.29 is 14.3 Å². The average molecular weight is 457 g/mol. The minimum absolute atomic E-state index is 0.000352. The third-order valence-corrected chi connectivity index (χ3v) is 9.58. The Hall–Kier alpha value is -1.79. The van der Waals surface area contributed by atoms with Crippen LogP contribution in [0.4, 0.5) is 4.39 Å². The number of nitrogens with zero attached hydrogens (tertiary/aromatic N) is 2. The van der Waals surface area contributed by atoms with E-state index in [1.165, 1.54) is 17.0 Å². The maximum atomic E-state index is 13.4. The largest absolute Gasteiger partial charge is 0.392 e. The van der Waals surface area contributed by atoms with Gasteiger partial charge in [0, 0.05) is 35.4 Å². The Morgan fingerprint density at radius 3 is 2.66 bits per heavy atom. The molecule has 172 valence electrons. The summed E-state index contributed by atoms with van der Waals surface area (Å²) >= 11 is 1.71. The van der Waals surface area contributed by atoms with Crippen LogP contribution in [-0.2, 0) is 11.2 Å². The monoisotopic (exact) mass is 456 g/mol. The van der Waals surface area contributed by atoms with Gasteiger partial charge in [-0.25, -0.2) is 9.37 Å². The zero-order chi connectivity index (χ0) is 22.6. The van der Waals surface area contributed by atoms with Crippen molar-refractivity contribution in [2.45, 2.75) is 64.9 Å². The van der Waals surface area contributed by atoms with Gasteiger partial charge in [0.05, 0.1) is 11.8 Å². The lowest BCUT2D eigenvalue weighted by Gasteiger charge is -2.53. The number of aromatic nitrogens is 1. The Morgan fingerprint density at radius 1 is 1.28 bits per heavy atom. The molecule has 1 N–H and O–H groups in total. The summed E-state index contributed by atoms with van der Waals surface area (Å²) in [7, 11) is 0. The van der Waals surface area contributed by atoms with E-state index in [4.69, 9.17) is 4.98 Å². The highest BCUT2D eigenvalue weighted by Crippen LogP contribution is 2.57. The van der Waals surface area contributed by atoms with E-state index in [1.807, 2.05) is 11.8 Å². The zero-order valence-electron chi connectivity index (χ0n) is 19.2. The first-order valence-electron chi connectivity index (χ1n) is 12.0. The highest BCUT2D eigenvalue weighted by molar-refractivity contribution is 7.15. The van der Waals surface area contributed by atoms with Crippen LogP contribution in [0.25, 0.3) is 10.6 Å². The number of carbonyl (C=O) groups excluding carboxylic acids is 1. The molecule has 3 aliphatic rings. The molecule has 0 bridgehead atoms. The second-order valence-corrected chi connectivity index (χ2v) is 11.6. The number of thiazole rings is 1. The summed E-state index contributed by atoms with van der Waals surface area (Å²) in [5.41, 5.74) is 2.02. The van der Waals surface area contributed by atoms with E-state index < -0.39 is 6.10 Å². The van der Waals surface area contributed by atoms with E-state index >= 15 is 0 Å². The smallest absolute Gasteiger partial charge is 0.225 e. The zero-order valence-corrected chi connectivity index (χ0v) is 20.0. The Kier molecular flexibility index (Phi) is 5.65. The number of carbonyl (C=O) groups is 1. The fourth-order valence-electron chi connectivity index (χ4n) is 6.67. The van der Waals surface area contributed by atoms with Gasteiger partial charge in [-0.05, 0) is 73.6 Å². The minimum atomic E-state index is -0.505. The van der Waals surface area contributed by atoms with E-state index in [1.54, 1.807) is 23.5 Å². The summed E-state index contributed by atoms with van der Waals surface area (Å²) in [6, 6.07) is 6.53. The van der Waals surface area contributed by atoms with Crippen molar-refractivity contribution in [1.29, 1.82) is 0 Å². The number of aliphatic hydroxyl groups excluding tert-OH is 1. The predicted molar refractivity (Wildman–Crippen MR) is 125 cm³/mol. The van der Waals surface area contributed by atoms with Crippen molar-refractivity contribution in [3.63, 3.8) is 0 Å². The van der Waals surface area contributed by atoms with Crippen molar-refractivity contribution in [2.75, 3.05) is 13.1 Å². The SMILES string of the molecule is CC(C(=O)N1CCCC1)C1CCC2(C)Cc3sc(-c4ccc(F)cc4)nc3C(C)C2C1O. The summed E-state index contributed by atoms with van der Waals surface area (Å²) in [6.45, 7) is 8.23. The second kappa shape index (κ2) is 8.21. The Morgan fingerprint density at radius 2 is 1.97 bits per heavy atom. The van der Waals surface area contributed by atoms with Crippen LogP contribution in [-0.4, -0.2) is 40.1 Å². The van der Waals surface area contributed by atoms with Gasteiger partial charge in [0.15, 0.2) is 0 Å². The molecule has 6 unspecified atom stereocenters. The van der Waals surface area contributed by atoms with Crippen LogP contribution in [0.1, 0.15) is 62.9 Å². The van der Waals surface area contributed by atoms with Crippen molar-refractivity contribution in [3.8, 4) is 10.6 Å². The summed E-state index contributed by atoms with van der Waals surface area (Å²) in [5, 5.41) is 12.5. The summed E-state index contributed by atoms with van der Waals surface area (Å²) < 4.78 is 13.4. The fraction of sp³-hybridized carbons (Fsp3) is 0.615. The number of amides is 1. The molecule has 5 rings (SSSR count). The molecule has 0 spiro atoms. The number of rotatable bonds is 3. The molecule has 1 aromatic carbocycles. The van der Waals surface area contributed by atoms with E-state index in [0.717, 1.165) is 61.5 Å². The van der Waals surface area contributed by atoms with Crippen molar-refractivity contribution in [1.82, 2.24) is 9.88 Å². The molecular weight excluding hydrogens is 423 g/mol. The summed E-state index contributed by atoms with van der Waals surface area (Å²) in [6.07, 6.45) is 4.49. The van der Waals surface area contributed by atoms with Gasteiger partial charge in [0.25, 0.3) is 0 Å². The molecule has 1 saturated heterocycles. The van der Waals surface area contributed by atoms with Crippen LogP contribution < -0.4 is 0 Å². The van der Waals surface area contributed by atoms with Crippen molar-refractivity contribution in [2.24, 2.45) is 23.2 Å². The van der Waals surface area contributed by atoms with Gasteiger partial charge in [-0.15, -0.1) is 11.3 Å². The van der Waals surface area contributed by atoms with E-state index in [9.17, 15) is 14.3 Å². The van der Waals surface area contributed by atoms with Gasteiger partial charge in [0.2, 0.25) is 5.91 Å². The molecule has 6 atom stereocenters. The third-order valence-electron chi connectivity index (χ3n) is 8.46. The second-order valence-electron chi connectivity index (χ2n) is 10.5. The Labute approximate surface area is 193 Å². The number of hydrogen-bond acceptors (Lipinski definition) is 4. The lowest BCUT2D eigenvalue weighted by Crippen LogP contribution is -2.53. The normalized spacial score (nSPS) is 33.0. The van der Waals surface area contributed by atoms with Crippen molar-refractivity contribution in [3.05, 3.63) is 40.7 Å². The van der Waals surface area contributed by atoms with Crippen LogP contribution in [0, 0.1) is 29.0 Å². The number of fused-ring (bicyclic) bond motifs is 2. The van der Waals surface area contributed by atoms with Crippen LogP contribution in [0.2, 0.25) is 0 Å². The molecule has 1 amide bonds. The lowest BCUT2D eigenvalue weighted by molar-refractivity contribution is -0.143. The molecule has 32 heavy (non-hydrogen) atoms. The summed E-state index contributed by atoms with van der Waals surface area (Å²) in [5.74, 6) is 0.0407. The number of hydrogen-bond donors (Lipinski definition) is 1. The van der Waals surface area contributed by atoms with Crippen LogP contribution in [0.3, 0.4) is 0 Å². The molecular formula is C26H33FN2O2S. The van der Waals surface area contributed by atoms with Gasteiger partial charge in [-0.2, -0.15) is 0 Å². The van der Waals surface area contributed by atoms with Gasteiger partial charge < -0.3 is 10.0 Å². The molecule has 2 heterocycles. The maximum absolute atomic E-state index is 13.4. The standard InChI is InChI=1S/C26H33FN2O2S/c1-15(25(31)29-12-4-5-13-29)19-10-11-26(3)14-20-22(16(2)21(26)23(19)30)28-24(32-20)17-6-8-18(27)9-7-17/h6-9,15-16,19,21,23,30H,4-5,10-14H2,1-3H3. The van der Waals surface area contributed by atoms with Gasteiger partial charge in [-0.1, -0.05) is 20.8 Å². The molecule has 2 aromatic rings. The van der Waals surface area contributed by atoms with Crippen LogP contribution >= 0.6 is 11.3 Å². The summed E-state index contributed by atoms with van der Waals surface area (Å²) in [4.78, 5) is 21.3. The fourth-order valence-corrected chi connectivity index (χ4v) is 8.04. The maximum Gasteiger partial charge on any atom is 0.225 e. The van der Waals surface area contributed by atoms with Crippen molar-refractivity contribution >= 4 is 17.2 Å². The number of halogens is 1. The molecule has 2 aliphatic carbocycles. The van der Waals surface area contributed by atoms with E-state index in [-0.39, 0.29) is 40.8 Å². The van der Waals surface area contributed by atoms with Crippen LogP contribution in [0.15, 0.2) is 24.3 Å². The topological polar surface area (TPSA) is 53.4 Å². The van der Waals surface area contributed by atoms with E-state index in [2.05, 4.69) is 13.8 Å². The third kappa shape index (κ3) is 3.60. The predicted octanol–water partition coefficient (Wildman–Crippen LogP) is 5.26. The molecule has 4 nitrogen and oxygen atoms in total. The van der Waals surface area contributed by atoms with E-state index in [0.29, 0.717) is 0 Å². The Balaban J connectivity index is 1.41. The minimum Gasteiger partial charge on any atom is -0.392 e. The first-order chi connectivity index (χ1) is 15.3. The van der Waals surface area contributed by atoms with Crippen LogP contribution in [0.5, 0.6) is 0 Å². The van der Waals surface area contributed by atoms with Gasteiger partial charge in [0.1, 0.15) is 10.8 Å². The molecule has 0 radical (unpaired) electrons. The highest BCUT2D eigenvalue weighted by Gasteiger charge is 2.54. The molecule has 1 aliphatic heterocycles. The number of likely N-dealkylation sites (tertiary alicyclic amines) is 1. The average Bonchev–Trinajstić information content (AvgIpc) is 3.43. The lowest BCUT2D eigenvalue weighted by atomic mass is 9.53. The quantitative estimate of drug-likeness (QED) is 0.685. The first kappa shape index (κ1) is 22.0. The molecule has 2 fully saturated rings. The molecule has 1 saturated carbocycles. The molecule has 6 heteroatoms. The first-order valence-corrected chi connectivity index (χ1v) is 12.8. The number of benzene rings is 1. The van der Waals surface area contributed by atoms with Gasteiger partial charge in [-0.3, -0.25) is 4.79 Å². The van der Waals surface area contributed by atoms with Gasteiger partial charge >= 0.3 is 0 Å². The number of aliphatic hydroxyl groups is 1.